The van der Waals surface area contributed by atoms with Crippen molar-refractivity contribution < 1.29 is 4.79 Å². The third-order valence-corrected chi connectivity index (χ3v) is 7.69. The highest BCUT2D eigenvalue weighted by Gasteiger charge is 2.27. The van der Waals surface area contributed by atoms with Crippen molar-refractivity contribution in [1.82, 2.24) is 24.9 Å². The van der Waals surface area contributed by atoms with Crippen LogP contribution in [0.3, 0.4) is 0 Å². The number of anilines is 5. The summed E-state index contributed by atoms with van der Waals surface area (Å²) in [6.45, 7) is 12.5. The van der Waals surface area contributed by atoms with Crippen LogP contribution in [0, 0.1) is 6.92 Å². The number of amides is 1. The van der Waals surface area contributed by atoms with Gasteiger partial charge in [0, 0.05) is 60.9 Å². The molecule has 9 nitrogen and oxygen atoms in total. The topological polar surface area (TPSA) is 80.7 Å². The van der Waals surface area contributed by atoms with Gasteiger partial charge in [0.15, 0.2) is 11.6 Å². The van der Waals surface area contributed by atoms with Crippen molar-refractivity contribution in [1.29, 1.82) is 0 Å². The SMILES string of the molecule is C=CCN(C=O)N(c1ccc2c(n1)C(CC)CC2)c1nc(Nc2ccc(N3CCN(C)CC3)cc2)ncc1C. The normalized spacial score (nSPS) is 17.0. The smallest absolute Gasteiger partial charge is 0.229 e. The highest BCUT2D eigenvalue weighted by Crippen LogP contribution is 2.37. The first kappa shape index (κ1) is 26.6. The molecular weight excluding hydrogens is 488 g/mol. The van der Waals surface area contributed by atoms with Gasteiger partial charge in [-0.05, 0) is 69.1 Å². The minimum atomic E-state index is 0.319. The lowest BCUT2D eigenvalue weighted by molar-refractivity contribution is -0.117. The molecule has 2 aliphatic rings. The average molecular weight is 527 g/mol. The van der Waals surface area contributed by atoms with Crippen molar-refractivity contribution in [2.45, 2.75) is 39.0 Å². The number of benzene rings is 1. The molecule has 9 heteroatoms. The van der Waals surface area contributed by atoms with Crippen molar-refractivity contribution in [2.24, 2.45) is 0 Å². The van der Waals surface area contributed by atoms with Crippen molar-refractivity contribution in [3.05, 3.63) is 72.1 Å². The number of piperazine rings is 1. The molecule has 3 heterocycles. The fourth-order valence-corrected chi connectivity index (χ4v) is 5.36. The van der Waals surface area contributed by atoms with Crippen LogP contribution in [0.5, 0.6) is 0 Å². The zero-order valence-corrected chi connectivity index (χ0v) is 23.2. The van der Waals surface area contributed by atoms with E-state index in [0.29, 0.717) is 30.0 Å². The number of aryl methyl sites for hydroxylation is 2. The summed E-state index contributed by atoms with van der Waals surface area (Å²) in [5, 5.41) is 6.66. The van der Waals surface area contributed by atoms with E-state index in [1.54, 1.807) is 22.3 Å². The molecule has 1 N–H and O–H groups in total. The minimum Gasteiger partial charge on any atom is -0.369 e. The minimum absolute atomic E-state index is 0.319. The molecule has 1 aromatic carbocycles. The number of pyridine rings is 1. The first-order chi connectivity index (χ1) is 19.0. The summed E-state index contributed by atoms with van der Waals surface area (Å²) in [6, 6.07) is 12.5. The zero-order valence-electron chi connectivity index (χ0n) is 23.2. The first-order valence-corrected chi connectivity index (χ1v) is 13.8. The second-order valence-electron chi connectivity index (χ2n) is 10.3. The number of carbonyl (C=O) groups is 1. The summed E-state index contributed by atoms with van der Waals surface area (Å²) >= 11 is 0. The monoisotopic (exact) mass is 526 g/mol. The van der Waals surface area contributed by atoms with Crippen LogP contribution < -0.4 is 15.2 Å². The number of nitrogens with one attached hydrogen (secondary N) is 1. The number of aromatic nitrogens is 3. The van der Waals surface area contributed by atoms with Crippen LogP contribution in [0.25, 0.3) is 0 Å². The van der Waals surface area contributed by atoms with Crippen molar-refractivity contribution >= 4 is 35.4 Å². The Morgan fingerprint density at radius 3 is 2.56 bits per heavy atom. The van der Waals surface area contributed by atoms with Crippen LogP contribution in [0.15, 0.2) is 55.3 Å². The van der Waals surface area contributed by atoms with Gasteiger partial charge in [-0.15, -0.1) is 6.58 Å². The molecular formula is C30H38N8O. The summed E-state index contributed by atoms with van der Waals surface area (Å²) in [7, 11) is 2.16. The van der Waals surface area contributed by atoms with E-state index in [2.05, 4.69) is 71.0 Å². The maximum absolute atomic E-state index is 12.2. The van der Waals surface area contributed by atoms with Crippen molar-refractivity contribution in [2.75, 3.05) is 55.0 Å². The number of nitrogens with zero attached hydrogens (tertiary/aromatic N) is 7. The van der Waals surface area contributed by atoms with E-state index in [1.165, 1.54) is 11.3 Å². The number of fused-ring (bicyclic) bond motifs is 1. The van der Waals surface area contributed by atoms with Gasteiger partial charge in [0.1, 0.15) is 0 Å². The molecule has 1 aliphatic carbocycles. The predicted octanol–water partition coefficient (Wildman–Crippen LogP) is 4.81. The quantitative estimate of drug-likeness (QED) is 0.229. The number of hydrogen-bond donors (Lipinski definition) is 1. The Bertz CT molecular complexity index is 1300. The molecule has 1 atom stereocenters. The molecule has 1 aliphatic heterocycles. The average Bonchev–Trinajstić information content (AvgIpc) is 3.38. The van der Waals surface area contributed by atoms with E-state index >= 15 is 0 Å². The summed E-state index contributed by atoms with van der Waals surface area (Å²) < 4.78 is 0. The molecule has 1 amide bonds. The van der Waals surface area contributed by atoms with Crippen LogP contribution in [-0.2, 0) is 11.2 Å². The molecule has 0 spiro atoms. The molecule has 0 radical (unpaired) electrons. The van der Waals surface area contributed by atoms with E-state index in [1.807, 2.05) is 13.0 Å². The lowest BCUT2D eigenvalue weighted by Crippen LogP contribution is -2.44. The maximum Gasteiger partial charge on any atom is 0.229 e. The van der Waals surface area contributed by atoms with Gasteiger partial charge < -0.3 is 15.1 Å². The second kappa shape index (κ2) is 11.8. The van der Waals surface area contributed by atoms with Gasteiger partial charge >= 0.3 is 0 Å². The van der Waals surface area contributed by atoms with Gasteiger partial charge in [-0.1, -0.05) is 19.1 Å². The Hall–Kier alpha value is -3.98. The molecule has 0 bridgehead atoms. The van der Waals surface area contributed by atoms with Crippen LogP contribution >= 0.6 is 0 Å². The van der Waals surface area contributed by atoms with Gasteiger partial charge in [-0.25, -0.2) is 20.0 Å². The van der Waals surface area contributed by atoms with Gasteiger partial charge in [-0.3, -0.25) is 4.79 Å². The van der Waals surface area contributed by atoms with E-state index < -0.39 is 0 Å². The number of likely N-dealkylation sites (N-methyl/N-ethyl adjacent to an activating group) is 1. The fraction of sp³-hybridized carbons (Fsp3) is 0.400. The van der Waals surface area contributed by atoms with E-state index in [4.69, 9.17) is 9.97 Å². The van der Waals surface area contributed by atoms with Gasteiger partial charge in [0.25, 0.3) is 0 Å². The Morgan fingerprint density at radius 2 is 1.87 bits per heavy atom. The third kappa shape index (κ3) is 5.73. The third-order valence-electron chi connectivity index (χ3n) is 7.69. The number of hydrazine groups is 1. The predicted molar refractivity (Wildman–Crippen MR) is 157 cm³/mol. The summed E-state index contributed by atoms with van der Waals surface area (Å²) in [6.07, 6.45) is 7.46. The summed E-state index contributed by atoms with van der Waals surface area (Å²) in [4.78, 5) is 31.4. The highest BCUT2D eigenvalue weighted by atomic mass is 16.1. The van der Waals surface area contributed by atoms with E-state index in [-0.39, 0.29) is 0 Å². The lowest BCUT2D eigenvalue weighted by Gasteiger charge is -2.34. The molecule has 2 aromatic heterocycles. The van der Waals surface area contributed by atoms with Gasteiger partial charge in [-0.2, -0.15) is 4.98 Å². The van der Waals surface area contributed by atoms with Gasteiger partial charge in [0.05, 0.1) is 6.54 Å². The molecule has 0 saturated carbocycles. The van der Waals surface area contributed by atoms with Crippen molar-refractivity contribution in [3.8, 4) is 0 Å². The number of hydrogen-bond acceptors (Lipinski definition) is 8. The number of rotatable bonds is 10. The van der Waals surface area contributed by atoms with Crippen molar-refractivity contribution in [3.63, 3.8) is 0 Å². The highest BCUT2D eigenvalue weighted by molar-refractivity contribution is 5.67. The molecule has 5 rings (SSSR count). The van der Waals surface area contributed by atoms with E-state index in [9.17, 15) is 4.79 Å². The fourth-order valence-electron chi connectivity index (χ4n) is 5.36. The first-order valence-electron chi connectivity index (χ1n) is 13.8. The van der Waals surface area contributed by atoms with Crippen LogP contribution in [0.2, 0.25) is 0 Å². The Kier molecular flexibility index (Phi) is 8.07. The Labute approximate surface area is 231 Å². The molecule has 204 valence electrons. The molecule has 1 saturated heterocycles. The standard InChI is InChI=1S/C30H38N8O/c1-5-15-37(21-39)38(27-14-9-24-8-7-23(6-2)28(24)33-27)29-22(3)20-31-30(34-29)32-25-10-12-26(13-11-25)36-18-16-35(4)17-19-36/h5,9-14,20-21,23H,1,6-8,15-19H2,2-4H3,(H,31,32,34). The second-order valence-corrected chi connectivity index (χ2v) is 10.3. The van der Waals surface area contributed by atoms with Crippen LogP contribution in [0.1, 0.15) is 42.5 Å². The Morgan fingerprint density at radius 1 is 1.10 bits per heavy atom. The number of carbonyl (C=O) groups excluding carboxylic acids is 1. The Balaban J connectivity index is 1.44. The molecule has 1 unspecified atom stereocenters. The summed E-state index contributed by atoms with van der Waals surface area (Å²) in [5.41, 5.74) is 5.35. The largest absolute Gasteiger partial charge is 0.369 e. The van der Waals surface area contributed by atoms with Gasteiger partial charge in [0.2, 0.25) is 12.4 Å². The maximum atomic E-state index is 12.2. The molecule has 39 heavy (non-hydrogen) atoms. The summed E-state index contributed by atoms with van der Waals surface area (Å²) in [5.74, 6) is 2.13. The van der Waals surface area contributed by atoms with Crippen LogP contribution in [-0.4, -0.2) is 71.0 Å². The molecule has 1 fully saturated rings. The lowest BCUT2D eigenvalue weighted by atomic mass is 10.0. The zero-order chi connectivity index (χ0) is 27.4. The van der Waals surface area contributed by atoms with E-state index in [0.717, 1.165) is 68.8 Å². The molecule has 3 aromatic rings. The van der Waals surface area contributed by atoms with Crippen LogP contribution in [0.4, 0.5) is 29.0 Å².